The third-order valence-electron chi connectivity index (χ3n) is 3.97. The van der Waals surface area contributed by atoms with E-state index in [9.17, 15) is 4.79 Å². The zero-order valence-electron chi connectivity index (χ0n) is 11.9. The Hall–Kier alpha value is -1.26. The average Bonchev–Trinajstić information content (AvgIpc) is 2.44. The lowest BCUT2D eigenvalue weighted by Crippen LogP contribution is -2.32. The molecule has 0 unspecified atom stereocenters. The summed E-state index contributed by atoms with van der Waals surface area (Å²) in [5.74, 6) is 0.570. The molecule has 5 heteroatoms. The first-order chi connectivity index (χ1) is 9.58. The third kappa shape index (κ3) is 3.87. The number of nitrogens with two attached hydrogens (primary N) is 1. The normalized spacial score (nSPS) is 17.1. The predicted octanol–water partition coefficient (Wildman–Crippen LogP) is 2.38. The number of hydrogen-bond donors (Lipinski definition) is 2. The predicted molar refractivity (Wildman–Crippen MR) is 83.0 cm³/mol. The van der Waals surface area contributed by atoms with E-state index >= 15 is 0 Å². The van der Waals surface area contributed by atoms with Crippen molar-refractivity contribution in [1.82, 2.24) is 10.2 Å². The Balaban J connectivity index is 1.79. The molecule has 0 radical (unpaired) electrons. The molecule has 1 saturated heterocycles. The van der Waals surface area contributed by atoms with Gasteiger partial charge in [0, 0.05) is 6.54 Å². The topological polar surface area (TPSA) is 58.4 Å². The molecule has 0 spiro atoms. The van der Waals surface area contributed by atoms with Gasteiger partial charge < -0.3 is 16.0 Å². The van der Waals surface area contributed by atoms with Gasteiger partial charge in [0.25, 0.3) is 5.91 Å². The molecule has 1 aliphatic heterocycles. The number of nitrogens with one attached hydrogen (secondary N) is 1. The molecule has 1 aliphatic rings. The van der Waals surface area contributed by atoms with Crippen molar-refractivity contribution in [3.63, 3.8) is 0 Å². The Labute approximate surface area is 125 Å². The minimum Gasteiger partial charge on any atom is -0.397 e. The molecule has 110 valence electrons. The number of piperidine rings is 1. The number of carbonyl (C=O) groups is 1. The number of carbonyl (C=O) groups excluding carboxylic acids is 1. The largest absolute Gasteiger partial charge is 0.397 e. The summed E-state index contributed by atoms with van der Waals surface area (Å²) in [6, 6.07) is 5.13. The van der Waals surface area contributed by atoms with Gasteiger partial charge >= 0.3 is 0 Å². The number of rotatable bonds is 4. The summed E-state index contributed by atoms with van der Waals surface area (Å²) < 4.78 is 0. The van der Waals surface area contributed by atoms with Crippen molar-refractivity contribution in [1.29, 1.82) is 0 Å². The number of hydrogen-bond acceptors (Lipinski definition) is 3. The fourth-order valence-electron chi connectivity index (χ4n) is 2.57. The van der Waals surface area contributed by atoms with Crippen LogP contribution in [0.3, 0.4) is 0 Å². The van der Waals surface area contributed by atoms with Crippen molar-refractivity contribution in [2.75, 3.05) is 32.4 Å². The van der Waals surface area contributed by atoms with E-state index in [0.717, 1.165) is 19.5 Å². The number of nitrogens with zero attached hydrogens (tertiary/aromatic N) is 1. The number of likely N-dealkylation sites (tertiary alicyclic amines) is 1. The van der Waals surface area contributed by atoms with Gasteiger partial charge in [0.1, 0.15) is 0 Å². The standard InChI is InChI=1S/C15H22ClN3O/c1-19-9-6-11(7-10-19)5-8-18-15(20)12-3-2-4-13(16)14(12)17/h2-4,11H,5-10,17H2,1H3,(H,18,20). The van der Waals surface area contributed by atoms with Crippen molar-refractivity contribution >= 4 is 23.2 Å². The number of benzene rings is 1. The maximum absolute atomic E-state index is 12.1. The monoisotopic (exact) mass is 295 g/mol. The first-order valence-corrected chi connectivity index (χ1v) is 7.46. The van der Waals surface area contributed by atoms with E-state index < -0.39 is 0 Å². The van der Waals surface area contributed by atoms with Crippen LogP contribution in [0, 0.1) is 5.92 Å². The van der Waals surface area contributed by atoms with Crippen LogP contribution in [-0.4, -0.2) is 37.5 Å². The Kier molecular flexibility index (Phi) is 5.26. The third-order valence-corrected chi connectivity index (χ3v) is 4.30. The maximum Gasteiger partial charge on any atom is 0.253 e. The highest BCUT2D eigenvalue weighted by Crippen LogP contribution is 2.22. The van der Waals surface area contributed by atoms with E-state index in [1.165, 1.54) is 12.8 Å². The van der Waals surface area contributed by atoms with Gasteiger partial charge in [0.05, 0.1) is 16.3 Å². The molecular formula is C15H22ClN3O. The summed E-state index contributed by atoms with van der Waals surface area (Å²) in [5, 5.41) is 3.36. The Morgan fingerprint density at radius 2 is 2.15 bits per heavy atom. The van der Waals surface area contributed by atoms with Crippen molar-refractivity contribution in [3.05, 3.63) is 28.8 Å². The van der Waals surface area contributed by atoms with Gasteiger partial charge in [0.15, 0.2) is 0 Å². The van der Waals surface area contributed by atoms with Crippen LogP contribution < -0.4 is 11.1 Å². The molecule has 4 nitrogen and oxygen atoms in total. The molecule has 0 aromatic heterocycles. The van der Waals surface area contributed by atoms with Gasteiger partial charge in [-0.15, -0.1) is 0 Å². The molecule has 1 fully saturated rings. The number of amides is 1. The maximum atomic E-state index is 12.1. The minimum absolute atomic E-state index is 0.141. The molecule has 0 aliphatic carbocycles. The van der Waals surface area contributed by atoms with E-state index in [1.807, 2.05) is 0 Å². The second-order valence-corrected chi connectivity index (χ2v) is 5.90. The quantitative estimate of drug-likeness (QED) is 0.839. The molecule has 0 atom stereocenters. The van der Waals surface area contributed by atoms with Gasteiger partial charge in [-0.2, -0.15) is 0 Å². The van der Waals surface area contributed by atoms with Crippen molar-refractivity contribution in [3.8, 4) is 0 Å². The van der Waals surface area contributed by atoms with Gasteiger partial charge in [-0.05, 0) is 57.5 Å². The zero-order valence-corrected chi connectivity index (χ0v) is 12.6. The summed E-state index contributed by atoms with van der Waals surface area (Å²) in [4.78, 5) is 14.4. The summed E-state index contributed by atoms with van der Waals surface area (Å²) in [7, 11) is 2.15. The lowest BCUT2D eigenvalue weighted by molar-refractivity contribution is 0.0950. The SMILES string of the molecule is CN1CCC(CCNC(=O)c2cccc(Cl)c2N)CC1. The summed E-state index contributed by atoms with van der Waals surface area (Å²) >= 11 is 5.92. The molecule has 3 N–H and O–H groups in total. The highest BCUT2D eigenvalue weighted by molar-refractivity contribution is 6.33. The molecule has 0 saturated carbocycles. The first kappa shape index (κ1) is 15.1. The first-order valence-electron chi connectivity index (χ1n) is 7.08. The van der Waals surface area contributed by atoms with Crippen molar-refractivity contribution in [2.45, 2.75) is 19.3 Å². The van der Waals surface area contributed by atoms with Crippen molar-refractivity contribution < 1.29 is 4.79 Å². The van der Waals surface area contributed by atoms with E-state index in [2.05, 4.69) is 17.3 Å². The molecule has 1 aromatic carbocycles. The van der Waals surface area contributed by atoms with E-state index in [4.69, 9.17) is 17.3 Å². The number of para-hydroxylation sites is 1. The van der Waals surface area contributed by atoms with Gasteiger partial charge in [0.2, 0.25) is 0 Å². The van der Waals surface area contributed by atoms with E-state index in [-0.39, 0.29) is 5.91 Å². The van der Waals surface area contributed by atoms with Gasteiger partial charge in [-0.1, -0.05) is 17.7 Å². The van der Waals surface area contributed by atoms with E-state index in [0.29, 0.717) is 28.7 Å². The number of anilines is 1. The molecule has 1 heterocycles. The van der Waals surface area contributed by atoms with Crippen LogP contribution in [0.4, 0.5) is 5.69 Å². The van der Waals surface area contributed by atoms with Crippen LogP contribution in [0.15, 0.2) is 18.2 Å². The fourth-order valence-corrected chi connectivity index (χ4v) is 2.75. The highest BCUT2D eigenvalue weighted by atomic mass is 35.5. The number of nitrogen functional groups attached to an aromatic ring is 1. The number of halogens is 1. The van der Waals surface area contributed by atoms with Gasteiger partial charge in [-0.25, -0.2) is 0 Å². The summed E-state index contributed by atoms with van der Waals surface area (Å²) in [6.45, 7) is 3.00. The van der Waals surface area contributed by atoms with Crippen LogP contribution >= 0.6 is 11.6 Å². The van der Waals surface area contributed by atoms with Crippen molar-refractivity contribution in [2.24, 2.45) is 5.92 Å². The van der Waals surface area contributed by atoms with Crippen LogP contribution in [0.1, 0.15) is 29.6 Å². The fraction of sp³-hybridized carbons (Fsp3) is 0.533. The van der Waals surface area contributed by atoms with Gasteiger partial charge in [-0.3, -0.25) is 4.79 Å². The summed E-state index contributed by atoms with van der Waals surface area (Å²) in [6.07, 6.45) is 3.46. The molecule has 2 rings (SSSR count). The minimum atomic E-state index is -0.141. The van der Waals surface area contributed by atoms with Crippen LogP contribution in [-0.2, 0) is 0 Å². The Bertz CT molecular complexity index is 470. The Morgan fingerprint density at radius 1 is 1.45 bits per heavy atom. The second-order valence-electron chi connectivity index (χ2n) is 5.49. The van der Waals surface area contributed by atoms with Crippen LogP contribution in [0.2, 0.25) is 5.02 Å². The molecule has 1 aromatic rings. The second kappa shape index (κ2) is 6.95. The highest BCUT2D eigenvalue weighted by Gasteiger charge is 2.17. The summed E-state index contributed by atoms with van der Waals surface area (Å²) in [5.41, 5.74) is 6.63. The van der Waals surface area contributed by atoms with E-state index in [1.54, 1.807) is 18.2 Å². The molecule has 1 amide bonds. The Morgan fingerprint density at radius 3 is 2.85 bits per heavy atom. The lowest BCUT2D eigenvalue weighted by Gasteiger charge is -2.28. The average molecular weight is 296 g/mol. The smallest absolute Gasteiger partial charge is 0.253 e. The molecule has 20 heavy (non-hydrogen) atoms. The lowest BCUT2D eigenvalue weighted by atomic mass is 9.94. The zero-order chi connectivity index (χ0) is 14.5. The van der Waals surface area contributed by atoms with Crippen LogP contribution in [0.5, 0.6) is 0 Å². The molecular weight excluding hydrogens is 274 g/mol. The molecule has 0 bridgehead atoms. The van der Waals surface area contributed by atoms with Crippen LogP contribution in [0.25, 0.3) is 0 Å².